The van der Waals surface area contributed by atoms with Crippen LogP contribution in [-0.2, 0) is 5.88 Å². The van der Waals surface area contributed by atoms with Crippen LogP contribution in [0.25, 0.3) is 0 Å². The molecule has 1 rings (SSSR count). The van der Waals surface area contributed by atoms with Gasteiger partial charge in [0.2, 0.25) is 5.95 Å². The molecule has 1 heterocycles. The summed E-state index contributed by atoms with van der Waals surface area (Å²) in [5, 5.41) is 0. The highest BCUT2D eigenvalue weighted by atomic mass is 35.5. The van der Waals surface area contributed by atoms with Gasteiger partial charge in [0.25, 0.3) is 0 Å². The van der Waals surface area contributed by atoms with Crippen molar-refractivity contribution in [2.45, 2.75) is 12.2 Å². The van der Waals surface area contributed by atoms with Crippen LogP contribution < -0.4 is 4.74 Å². The summed E-state index contributed by atoms with van der Waals surface area (Å²) in [5.41, 5.74) is -0.829. The van der Waals surface area contributed by atoms with E-state index in [2.05, 4.69) is 9.72 Å². The zero-order valence-electron chi connectivity index (χ0n) is 7.52. The molecule has 0 saturated carbocycles. The summed E-state index contributed by atoms with van der Waals surface area (Å²) in [5.74, 6) is -2.57. The molecular weight excluding hydrogens is 254 g/mol. The number of aromatic nitrogens is 1. The van der Waals surface area contributed by atoms with Crippen LogP contribution in [0.15, 0.2) is 6.07 Å². The molecule has 0 saturated heterocycles. The molecule has 0 spiro atoms. The Bertz CT molecular complexity index is 408. The van der Waals surface area contributed by atoms with Crippen molar-refractivity contribution in [3.8, 4) is 5.75 Å². The quantitative estimate of drug-likeness (QED) is 0.362. The standard InChI is InChI=1S/C8H4ClF4NO2/c9-2-4-5(3-15)14-7(10)1-6(4)16-8(11,12)13/h1,3H,2H2. The van der Waals surface area contributed by atoms with E-state index in [-0.39, 0.29) is 11.8 Å². The van der Waals surface area contributed by atoms with Gasteiger partial charge in [-0.3, -0.25) is 4.79 Å². The molecule has 0 unspecified atom stereocenters. The van der Waals surface area contributed by atoms with Gasteiger partial charge < -0.3 is 4.74 Å². The average Bonchev–Trinajstić information content (AvgIpc) is 2.14. The van der Waals surface area contributed by atoms with Crippen molar-refractivity contribution < 1.29 is 27.1 Å². The largest absolute Gasteiger partial charge is 0.573 e. The molecule has 0 N–H and O–H groups in total. The normalized spacial score (nSPS) is 11.3. The maximum absolute atomic E-state index is 12.7. The number of nitrogens with zero attached hydrogens (tertiary/aromatic N) is 1. The van der Waals surface area contributed by atoms with Crippen LogP contribution in [0.2, 0.25) is 0 Å². The Labute approximate surface area is 92.0 Å². The third-order valence-corrected chi connectivity index (χ3v) is 1.82. The van der Waals surface area contributed by atoms with Crippen molar-refractivity contribution in [1.82, 2.24) is 4.98 Å². The van der Waals surface area contributed by atoms with Crippen LogP contribution in [-0.4, -0.2) is 17.6 Å². The van der Waals surface area contributed by atoms with Gasteiger partial charge in [0, 0.05) is 11.6 Å². The van der Waals surface area contributed by atoms with Gasteiger partial charge in [-0.1, -0.05) is 0 Å². The number of halogens is 5. The second-order valence-corrected chi connectivity index (χ2v) is 2.87. The average molecular weight is 258 g/mol. The molecule has 0 bridgehead atoms. The molecule has 0 aromatic carbocycles. The van der Waals surface area contributed by atoms with E-state index in [1.165, 1.54) is 0 Å². The molecule has 0 atom stereocenters. The lowest BCUT2D eigenvalue weighted by Gasteiger charge is -2.12. The smallest absolute Gasteiger partial charge is 0.405 e. The number of carbonyl (C=O) groups excluding carboxylic acids is 1. The molecule has 3 nitrogen and oxygen atoms in total. The molecule has 0 amide bonds. The van der Waals surface area contributed by atoms with Crippen molar-refractivity contribution in [2.24, 2.45) is 0 Å². The van der Waals surface area contributed by atoms with Crippen LogP contribution in [0.4, 0.5) is 17.6 Å². The highest BCUT2D eigenvalue weighted by molar-refractivity contribution is 6.17. The molecule has 88 valence electrons. The predicted octanol–water partition coefficient (Wildman–Crippen LogP) is 2.67. The minimum absolute atomic E-state index is 0.101. The Balaban J connectivity index is 3.25. The van der Waals surface area contributed by atoms with Crippen molar-refractivity contribution >= 4 is 17.9 Å². The highest BCUT2D eigenvalue weighted by Gasteiger charge is 2.33. The van der Waals surface area contributed by atoms with E-state index < -0.39 is 29.6 Å². The third-order valence-electron chi connectivity index (χ3n) is 1.56. The molecule has 1 aromatic rings. The van der Waals surface area contributed by atoms with E-state index in [9.17, 15) is 22.4 Å². The van der Waals surface area contributed by atoms with Gasteiger partial charge in [-0.05, 0) is 0 Å². The predicted molar refractivity (Wildman–Crippen MR) is 45.8 cm³/mol. The van der Waals surface area contributed by atoms with Crippen LogP contribution in [0.3, 0.4) is 0 Å². The zero-order chi connectivity index (χ0) is 12.3. The van der Waals surface area contributed by atoms with E-state index in [0.717, 1.165) is 0 Å². The van der Waals surface area contributed by atoms with Crippen molar-refractivity contribution in [3.63, 3.8) is 0 Å². The summed E-state index contributed by atoms with van der Waals surface area (Å²) in [6.07, 6.45) is -4.89. The summed E-state index contributed by atoms with van der Waals surface area (Å²) < 4.78 is 52.1. The number of carbonyl (C=O) groups is 1. The fraction of sp³-hybridized carbons (Fsp3) is 0.250. The van der Waals surface area contributed by atoms with Crippen LogP contribution in [0.1, 0.15) is 16.1 Å². The van der Waals surface area contributed by atoms with E-state index in [1.54, 1.807) is 0 Å². The summed E-state index contributed by atoms with van der Waals surface area (Å²) >= 11 is 5.33. The Hall–Kier alpha value is -1.37. The highest BCUT2D eigenvalue weighted by Crippen LogP contribution is 2.29. The number of ether oxygens (including phenoxy) is 1. The van der Waals surface area contributed by atoms with E-state index in [4.69, 9.17) is 11.6 Å². The van der Waals surface area contributed by atoms with Gasteiger partial charge in [-0.15, -0.1) is 24.8 Å². The van der Waals surface area contributed by atoms with E-state index in [1.807, 2.05) is 0 Å². The second kappa shape index (κ2) is 4.65. The van der Waals surface area contributed by atoms with Crippen molar-refractivity contribution in [2.75, 3.05) is 0 Å². The number of aldehydes is 1. The fourth-order valence-corrected chi connectivity index (χ4v) is 1.25. The van der Waals surface area contributed by atoms with Crippen LogP contribution in [0, 0.1) is 5.95 Å². The minimum atomic E-state index is -4.99. The Morgan fingerprint density at radius 2 is 2.12 bits per heavy atom. The monoisotopic (exact) mass is 257 g/mol. The molecule has 0 aliphatic rings. The zero-order valence-corrected chi connectivity index (χ0v) is 8.27. The topological polar surface area (TPSA) is 39.2 Å². The molecule has 0 aliphatic carbocycles. The number of pyridine rings is 1. The maximum Gasteiger partial charge on any atom is 0.573 e. The molecule has 8 heteroatoms. The first-order valence-electron chi connectivity index (χ1n) is 3.83. The molecule has 0 aliphatic heterocycles. The summed E-state index contributed by atoms with van der Waals surface area (Å²) in [4.78, 5) is 13.5. The van der Waals surface area contributed by atoms with E-state index >= 15 is 0 Å². The minimum Gasteiger partial charge on any atom is -0.405 e. The summed E-state index contributed by atoms with van der Waals surface area (Å²) in [6.45, 7) is 0. The summed E-state index contributed by atoms with van der Waals surface area (Å²) in [7, 11) is 0. The number of hydrogen-bond acceptors (Lipinski definition) is 3. The summed E-state index contributed by atoms with van der Waals surface area (Å²) in [6, 6.07) is 0.415. The first-order chi connectivity index (χ1) is 7.37. The van der Waals surface area contributed by atoms with Gasteiger partial charge in [-0.25, -0.2) is 4.98 Å². The Morgan fingerprint density at radius 1 is 1.50 bits per heavy atom. The first-order valence-corrected chi connectivity index (χ1v) is 4.37. The molecule has 0 radical (unpaired) electrons. The first kappa shape index (κ1) is 12.7. The molecular formula is C8H4ClF4NO2. The van der Waals surface area contributed by atoms with Crippen LogP contribution in [0.5, 0.6) is 5.75 Å². The molecule has 16 heavy (non-hydrogen) atoms. The second-order valence-electron chi connectivity index (χ2n) is 2.61. The number of alkyl halides is 4. The van der Waals surface area contributed by atoms with Crippen LogP contribution >= 0.6 is 11.6 Å². The van der Waals surface area contributed by atoms with Gasteiger partial charge in [0.1, 0.15) is 11.4 Å². The third kappa shape index (κ3) is 3.06. The number of rotatable bonds is 3. The lowest BCUT2D eigenvalue weighted by molar-refractivity contribution is -0.274. The van der Waals surface area contributed by atoms with Crippen molar-refractivity contribution in [1.29, 1.82) is 0 Å². The van der Waals surface area contributed by atoms with E-state index in [0.29, 0.717) is 6.07 Å². The van der Waals surface area contributed by atoms with Gasteiger partial charge in [0.05, 0.1) is 5.88 Å². The van der Waals surface area contributed by atoms with Gasteiger partial charge >= 0.3 is 6.36 Å². The van der Waals surface area contributed by atoms with Gasteiger partial charge in [0.15, 0.2) is 6.29 Å². The molecule has 0 fully saturated rings. The fourth-order valence-electron chi connectivity index (χ4n) is 0.984. The number of hydrogen-bond donors (Lipinski definition) is 0. The Morgan fingerprint density at radius 3 is 2.56 bits per heavy atom. The lowest BCUT2D eigenvalue weighted by Crippen LogP contribution is -2.19. The lowest BCUT2D eigenvalue weighted by atomic mass is 10.2. The maximum atomic E-state index is 12.7. The van der Waals surface area contributed by atoms with Crippen molar-refractivity contribution in [3.05, 3.63) is 23.3 Å². The molecule has 1 aromatic heterocycles. The van der Waals surface area contributed by atoms with Gasteiger partial charge in [-0.2, -0.15) is 4.39 Å². The Kier molecular flexibility index (Phi) is 3.69. The SMILES string of the molecule is O=Cc1nc(F)cc(OC(F)(F)F)c1CCl.